The molecule has 0 saturated heterocycles. The summed E-state index contributed by atoms with van der Waals surface area (Å²) in [5.74, 6) is -5.93. The summed E-state index contributed by atoms with van der Waals surface area (Å²) in [5.41, 5.74) is -4.56. The number of alkyl halides is 6. The third kappa shape index (κ3) is 7.14. The van der Waals surface area contributed by atoms with Gasteiger partial charge in [-0.05, 0) is 6.92 Å². The van der Waals surface area contributed by atoms with E-state index in [1.807, 2.05) is 0 Å². The fourth-order valence-corrected chi connectivity index (χ4v) is 0.809. The van der Waals surface area contributed by atoms with E-state index in [0.717, 1.165) is 6.92 Å². The minimum atomic E-state index is -5.25. The van der Waals surface area contributed by atoms with Gasteiger partial charge in [-0.15, -0.1) is 0 Å². The summed E-state index contributed by atoms with van der Waals surface area (Å²) >= 11 is 0. The van der Waals surface area contributed by atoms with Gasteiger partial charge in [0, 0.05) is 5.57 Å². The van der Waals surface area contributed by atoms with E-state index in [-0.39, 0.29) is 5.57 Å². The molecular weight excluding hydrogens is 365 g/mol. The van der Waals surface area contributed by atoms with Crippen LogP contribution in [-0.2, 0) is 28.3 Å². The van der Waals surface area contributed by atoms with Crippen LogP contribution in [0, 0.1) is 0 Å². The second kappa shape index (κ2) is 7.90. The highest BCUT2D eigenvalue weighted by Crippen LogP contribution is 2.27. The molecule has 6 nitrogen and oxygen atoms in total. The Kier molecular flexibility index (Phi) is 7.04. The van der Waals surface area contributed by atoms with Crippen LogP contribution in [-0.4, -0.2) is 37.6 Å². The maximum absolute atomic E-state index is 12.3. The highest BCUT2D eigenvalue weighted by molar-refractivity contribution is 6.45. The van der Waals surface area contributed by atoms with Crippen molar-refractivity contribution in [2.45, 2.75) is 19.3 Å². The molecule has 0 aromatic heterocycles. The molecule has 0 aliphatic carbocycles. The Balaban J connectivity index is 5.31. The first-order valence-electron chi connectivity index (χ1n) is 5.88. The first-order valence-corrected chi connectivity index (χ1v) is 5.88. The first-order chi connectivity index (χ1) is 11.1. The molecule has 0 spiro atoms. The molecule has 25 heavy (non-hydrogen) atoms. The molecule has 0 aromatic rings. The van der Waals surface area contributed by atoms with Gasteiger partial charge in [-0.25, -0.2) is 14.4 Å². The zero-order valence-electron chi connectivity index (χ0n) is 12.4. The van der Waals surface area contributed by atoms with Gasteiger partial charge in [0.05, 0.1) is 0 Å². The van der Waals surface area contributed by atoms with Crippen LogP contribution >= 0.6 is 0 Å². The average molecular weight is 374 g/mol. The Morgan fingerprint density at radius 1 is 0.720 bits per heavy atom. The van der Waals surface area contributed by atoms with Crippen molar-refractivity contribution in [3.05, 3.63) is 36.5 Å². The van der Waals surface area contributed by atoms with Crippen molar-refractivity contribution >= 4 is 25.2 Å². The molecule has 0 amide bonds. The van der Waals surface area contributed by atoms with Crippen molar-refractivity contribution in [3.8, 4) is 0 Å². The van der Waals surface area contributed by atoms with Gasteiger partial charge in [0.1, 0.15) is 11.1 Å². The summed E-state index contributed by atoms with van der Waals surface area (Å²) in [4.78, 5) is 33.7. The highest BCUT2D eigenvalue weighted by Gasteiger charge is 2.46. The maximum Gasteiger partial charge on any atom is 0.870 e. The SMILES string of the molecule is C=C(C)C(=O)OB(OC(=O)C(=C)C(F)(F)F)OC(=O)C(=C)C(F)(F)F. The largest absolute Gasteiger partial charge is 0.870 e. The molecule has 0 aromatic carbocycles. The Labute approximate surface area is 136 Å². The van der Waals surface area contributed by atoms with E-state index in [1.165, 1.54) is 0 Å². The van der Waals surface area contributed by atoms with Crippen LogP contribution in [0.3, 0.4) is 0 Å². The second-order valence-corrected chi connectivity index (χ2v) is 4.24. The molecule has 13 heteroatoms. The van der Waals surface area contributed by atoms with Gasteiger partial charge in [0.2, 0.25) is 0 Å². The molecule has 0 radical (unpaired) electrons. The van der Waals surface area contributed by atoms with Crippen molar-refractivity contribution in [1.29, 1.82) is 0 Å². The summed E-state index contributed by atoms with van der Waals surface area (Å²) in [6.45, 7) is 8.81. The lowest BCUT2D eigenvalue weighted by molar-refractivity contribution is -0.151. The van der Waals surface area contributed by atoms with Crippen molar-refractivity contribution in [3.63, 3.8) is 0 Å². The van der Waals surface area contributed by atoms with Crippen molar-refractivity contribution in [2.24, 2.45) is 0 Å². The molecular formula is C12H9BF6O6. The van der Waals surface area contributed by atoms with Gasteiger partial charge in [-0.2, -0.15) is 26.3 Å². The summed E-state index contributed by atoms with van der Waals surface area (Å²) in [6.07, 6.45) is -10.5. The fraction of sp³-hybridized carbons (Fsp3) is 0.250. The molecule has 0 heterocycles. The highest BCUT2D eigenvalue weighted by atomic mass is 19.4. The van der Waals surface area contributed by atoms with Crippen LogP contribution in [0.2, 0.25) is 0 Å². The predicted molar refractivity (Wildman–Crippen MR) is 69.2 cm³/mol. The first kappa shape index (κ1) is 22.3. The van der Waals surface area contributed by atoms with Crippen LogP contribution in [0.15, 0.2) is 36.5 Å². The Morgan fingerprint density at radius 3 is 1.24 bits per heavy atom. The van der Waals surface area contributed by atoms with Crippen molar-refractivity contribution in [2.75, 3.05) is 0 Å². The zero-order valence-corrected chi connectivity index (χ0v) is 12.4. The van der Waals surface area contributed by atoms with E-state index >= 15 is 0 Å². The van der Waals surface area contributed by atoms with Crippen molar-refractivity contribution < 1.29 is 54.7 Å². The van der Waals surface area contributed by atoms with Crippen molar-refractivity contribution in [1.82, 2.24) is 0 Å². The molecule has 0 fully saturated rings. The molecule has 0 unspecified atom stereocenters. The van der Waals surface area contributed by atoms with E-state index in [1.54, 1.807) is 0 Å². The summed E-state index contributed by atoms with van der Waals surface area (Å²) in [7, 11) is -2.86. The summed E-state index contributed by atoms with van der Waals surface area (Å²) < 4.78 is 85.7. The van der Waals surface area contributed by atoms with Crippen LogP contribution in [0.1, 0.15) is 6.92 Å². The zero-order chi connectivity index (χ0) is 20.2. The molecule has 138 valence electrons. The van der Waals surface area contributed by atoms with Crippen LogP contribution in [0.4, 0.5) is 26.3 Å². The lowest BCUT2D eigenvalue weighted by Crippen LogP contribution is -2.38. The lowest BCUT2D eigenvalue weighted by atomic mass is 10.1. The smallest absolute Gasteiger partial charge is 0.458 e. The summed E-state index contributed by atoms with van der Waals surface area (Å²) in [6, 6.07) is 0. The normalized spacial score (nSPS) is 11.2. The Morgan fingerprint density at radius 2 is 1.00 bits per heavy atom. The molecule has 0 aliphatic heterocycles. The monoisotopic (exact) mass is 374 g/mol. The molecule has 0 atom stereocenters. The number of hydrogen-bond donors (Lipinski definition) is 0. The second-order valence-electron chi connectivity index (χ2n) is 4.24. The van der Waals surface area contributed by atoms with Gasteiger partial charge >= 0.3 is 37.6 Å². The molecule has 0 N–H and O–H groups in total. The third-order valence-corrected chi connectivity index (χ3v) is 2.14. The third-order valence-electron chi connectivity index (χ3n) is 2.14. The average Bonchev–Trinajstić information content (AvgIpc) is 2.42. The van der Waals surface area contributed by atoms with E-state index < -0.39 is 48.7 Å². The number of halogens is 6. The van der Waals surface area contributed by atoms with Crippen LogP contribution < -0.4 is 0 Å². The molecule has 0 bridgehead atoms. The number of hydrogen-bond acceptors (Lipinski definition) is 6. The minimum Gasteiger partial charge on any atom is -0.458 e. The van der Waals surface area contributed by atoms with Gasteiger partial charge in [-0.3, -0.25) is 0 Å². The number of rotatable bonds is 6. The lowest BCUT2D eigenvalue weighted by Gasteiger charge is -2.16. The van der Waals surface area contributed by atoms with Gasteiger partial charge in [0.25, 0.3) is 0 Å². The van der Waals surface area contributed by atoms with E-state index in [4.69, 9.17) is 0 Å². The van der Waals surface area contributed by atoms with E-state index in [9.17, 15) is 40.7 Å². The molecule has 0 aliphatic rings. The fourth-order valence-electron chi connectivity index (χ4n) is 0.809. The predicted octanol–water partition coefficient (Wildman–Crippen LogP) is 2.41. The Hall–Kier alpha value is -2.73. The topological polar surface area (TPSA) is 78.9 Å². The van der Waals surface area contributed by atoms with Gasteiger partial charge in [0.15, 0.2) is 0 Å². The minimum absolute atomic E-state index is 0.388. The Bertz CT molecular complexity index is 581. The number of carbonyl (C=O) groups is 3. The maximum atomic E-state index is 12.3. The number of carbonyl (C=O) groups excluding carboxylic acids is 3. The standard InChI is InChI=1S/C12H9BF6O6/c1-5(2)8(20)23-13(24-9(21)6(3)11(14,15)16)25-10(22)7(4)12(17,18)19/h1,3-4H2,2H3. The van der Waals surface area contributed by atoms with Crippen LogP contribution in [0.5, 0.6) is 0 Å². The molecule has 0 saturated carbocycles. The quantitative estimate of drug-likeness (QED) is 0.404. The van der Waals surface area contributed by atoms with E-state index in [2.05, 4.69) is 33.7 Å². The molecule has 0 rings (SSSR count). The van der Waals surface area contributed by atoms with E-state index in [0.29, 0.717) is 0 Å². The van der Waals surface area contributed by atoms with Gasteiger partial charge < -0.3 is 14.0 Å². The van der Waals surface area contributed by atoms with Crippen LogP contribution in [0.25, 0.3) is 0 Å². The summed E-state index contributed by atoms with van der Waals surface area (Å²) in [5, 5.41) is 0. The van der Waals surface area contributed by atoms with Gasteiger partial charge in [-0.1, -0.05) is 19.7 Å².